The highest BCUT2D eigenvalue weighted by molar-refractivity contribution is 5.63. The number of ether oxygens (including phenoxy) is 2. The van der Waals surface area contributed by atoms with Gasteiger partial charge >= 0.3 is 0 Å². The molecule has 0 bridgehead atoms. The van der Waals surface area contributed by atoms with Crippen LogP contribution >= 0.6 is 0 Å². The fourth-order valence-electron chi connectivity index (χ4n) is 2.37. The van der Waals surface area contributed by atoms with Crippen LogP contribution in [-0.4, -0.2) is 12.1 Å². The van der Waals surface area contributed by atoms with Gasteiger partial charge in [0, 0.05) is 23.5 Å². The number of aromatic nitrogens is 1. The SMILES string of the molecule is COc1ccccc1OCc1cncc(-c2ccc(C)cc2)c1. The van der Waals surface area contributed by atoms with Crippen molar-refractivity contribution in [3.05, 3.63) is 78.1 Å². The zero-order chi connectivity index (χ0) is 16.1. The van der Waals surface area contributed by atoms with Crippen LogP contribution in [0.3, 0.4) is 0 Å². The van der Waals surface area contributed by atoms with E-state index in [-0.39, 0.29) is 0 Å². The van der Waals surface area contributed by atoms with E-state index in [0.717, 1.165) is 28.2 Å². The average molecular weight is 305 g/mol. The fraction of sp³-hybridized carbons (Fsp3) is 0.150. The van der Waals surface area contributed by atoms with Gasteiger partial charge in [0.15, 0.2) is 11.5 Å². The first-order valence-electron chi connectivity index (χ1n) is 7.53. The van der Waals surface area contributed by atoms with Gasteiger partial charge in [0.25, 0.3) is 0 Å². The average Bonchev–Trinajstić information content (AvgIpc) is 2.61. The summed E-state index contributed by atoms with van der Waals surface area (Å²) >= 11 is 0. The summed E-state index contributed by atoms with van der Waals surface area (Å²) in [5, 5.41) is 0. The number of methoxy groups -OCH3 is 1. The quantitative estimate of drug-likeness (QED) is 0.688. The summed E-state index contributed by atoms with van der Waals surface area (Å²) in [6, 6.07) is 18.2. The Bertz CT molecular complexity index is 782. The maximum atomic E-state index is 5.86. The first-order chi connectivity index (χ1) is 11.3. The van der Waals surface area contributed by atoms with E-state index < -0.39 is 0 Å². The molecule has 0 aliphatic rings. The first kappa shape index (κ1) is 15.1. The van der Waals surface area contributed by atoms with Gasteiger partial charge in [-0.1, -0.05) is 42.0 Å². The molecule has 0 fully saturated rings. The lowest BCUT2D eigenvalue weighted by Crippen LogP contribution is -1.98. The third-order valence-electron chi connectivity index (χ3n) is 3.64. The standard InChI is InChI=1S/C20H19NO2/c1-15-7-9-17(10-8-15)18-11-16(12-21-13-18)14-23-20-6-4-3-5-19(20)22-2/h3-13H,14H2,1-2H3. The van der Waals surface area contributed by atoms with Gasteiger partial charge in [-0.25, -0.2) is 0 Å². The van der Waals surface area contributed by atoms with Crippen molar-refractivity contribution in [1.29, 1.82) is 0 Å². The number of aryl methyl sites for hydroxylation is 1. The highest BCUT2D eigenvalue weighted by Gasteiger charge is 2.05. The van der Waals surface area contributed by atoms with Crippen molar-refractivity contribution in [2.75, 3.05) is 7.11 Å². The minimum atomic E-state index is 0.451. The van der Waals surface area contributed by atoms with Crippen LogP contribution in [-0.2, 0) is 6.61 Å². The lowest BCUT2D eigenvalue weighted by Gasteiger charge is -2.11. The molecule has 0 radical (unpaired) electrons. The third-order valence-corrected chi connectivity index (χ3v) is 3.64. The van der Waals surface area contributed by atoms with Crippen LogP contribution < -0.4 is 9.47 Å². The van der Waals surface area contributed by atoms with E-state index in [1.165, 1.54) is 5.56 Å². The normalized spacial score (nSPS) is 10.3. The zero-order valence-corrected chi connectivity index (χ0v) is 13.3. The summed E-state index contributed by atoms with van der Waals surface area (Å²) in [6.45, 7) is 2.53. The minimum Gasteiger partial charge on any atom is -0.493 e. The predicted octanol–water partition coefficient (Wildman–Crippen LogP) is 4.64. The van der Waals surface area contributed by atoms with E-state index in [0.29, 0.717) is 6.61 Å². The molecule has 1 aromatic heterocycles. The second kappa shape index (κ2) is 6.97. The van der Waals surface area contributed by atoms with Crippen molar-refractivity contribution in [1.82, 2.24) is 4.98 Å². The highest BCUT2D eigenvalue weighted by atomic mass is 16.5. The molecule has 0 aliphatic heterocycles. The predicted molar refractivity (Wildman–Crippen MR) is 91.7 cm³/mol. The van der Waals surface area contributed by atoms with Crippen LogP contribution in [0, 0.1) is 6.92 Å². The van der Waals surface area contributed by atoms with Crippen LogP contribution in [0.1, 0.15) is 11.1 Å². The number of para-hydroxylation sites is 2. The molecule has 0 saturated carbocycles. The molecular formula is C20H19NO2. The molecule has 3 aromatic rings. The smallest absolute Gasteiger partial charge is 0.161 e. The number of hydrogen-bond acceptors (Lipinski definition) is 3. The van der Waals surface area contributed by atoms with Crippen molar-refractivity contribution >= 4 is 0 Å². The van der Waals surface area contributed by atoms with Gasteiger partial charge in [-0.3, -0.25) is 4.98 Å². The van der Waals surface area contributed by atoms with E-state index in [1.54, 1.807) is 7.11 Å². The fourth-order valence-corrected chi connectivity index (χ4v) is 2.37. The number of hydrogen-bond donors (Lipinski definition) is 0. The molecule has 0 aliphatic carbocycles. The molecule has 1 heterocycles. The lowest BCUT2D eigenvalue weighted by molar-refractivity contribution is 0.284. The van der Waals surface area contributed by atoms with Crippen molar-refractivity contribution in [2.45, 2.75) is 13.5 Å². The highest BCUT2D eigenvalue weighted by Crippen LogP contribution is 2.27. The molecule has 3 heteroatoms. The summed E-state index contributed by atoms with van der Waals surface area (Å²) in [5.74, 6) is 1.46. The van der Waals surface area contributed by atoms with Crippen molar-refractivity contribution < 1.29 is 9.47 Å². The van der Waals surface area contributed by atoms with Gasteiger partial charge in [-0.2, -0.15) is 0 Å². The first-order valence-corrected chi connectivity index (χ1v) is 7.53. The molecule has 3 rings (SSSR count). The molecule has 116 valence electrons. The third kappa shape index (κ3) is 3.69. The molecule has 0 saturated heterocycles. The van der Waals surface area contributed by atoms with Crippen molar-refractivity contribution in [3.8, 4) is 22.6 Å². The molecule has 0 N–H and O–H groups in total. The maximum absolute atomic E-state index is 5.86. The zero-order valence-electron chi connectivity index (χ0n) is 13.3. The van der Waals surface area contributed by atoms with Crippen molar-refractivity contribution in [3.63, 3.8) is 0 Å². The number of pyridine rings is 1. The maximum Gasteiger partial charge on any atom is 0.161 e. The van der Waals surface area contributed by atoms with E-state index >= 15 is 0 Å². The summed E-state index contributed by atoms with van der Waals surface area (Å²) in [5.41, 5.74) is 4.51. The van der Waals surface area contributed by atoms with Crippen LogP contribution in [0.15, 0.2) is 67.0 Å². The van der Waals surface area contributed by atoms with E-state index in [1.807, 2.05) is 36.7 Å². The van der Waals surface area contributed by atoms with E-state index in [4.69, 9.17) is 9.47 Å². The largest absolute Gasteiger partial charge is 0.493 e. The topological polar surface area (TPSA) is 31.4 Å². The second-order valence-electron chi connectivity index (χ2n) is 5.39. The summed E-state index contributed by atoms with van der Waals surface area (Å²) in [4.78, 5) is 4.33. The van der Waals surface area contributed by atoms with Gasteiger partial charge < -0.3 is 9.47 Å². The molecular weight excluding hydrogens is 286 g/mol. The monoisotopic (exact) mass is 305 g/mol. The molecule has 23 heavy (non-hydrogen) atoms. The number of benzene rings is 2. The number of nitrogens with zero attached hydrogens (tertiary/aromatic N) is 1. The number of rotatable bonds is 5. The van der Waals surface area contributed by atoms with Gasteiger partial charge in [-0.05, 0) is 30.7 Å². The summed E-state index contributed by atoms with van der Waals surface area (Å²) in [6.07, 6.45) is 3.70. The van der Waals surface area contributed by atoms with Crippen LogP contribution in [0.2, 0.25) is 0 Å². The van der Waals surface area contributed by atoms with Gasteiger partial charge in [0.1, 0.15) is 6.61 Å². The Balaban J connectivity index is 1.76. The Morgan fingerprint density at radius 2 is 1.61 bits per heavy atom. The second-order valence-corrected chi connectivity index (χ2v) is 5.39. The van der Waals surface area contributed by atoms with Crippen LogP contribution in [0.4, 0.5) is 0 Å². The van der Waals surface area contributed by atoms with Gasteiger partial charge in [0.2, 0.25) is 0 Å². The Labute approximate surface area is 136 Å². The Morgan fingerprint density at radius 1 is 0.870 bits per heavy atom. The molecule has 3 nitrogen and oxygen atoms in total. The molecule has 0 amide bonds. The molecule has 2 aromatic carbocycles. The minimum absolute atomic E-state index is 0.451. The summed E-state index contributed by atoms with van der Waals surface area (Å²) in [7, 11) is 1.64. The Hall–Kier alpha value is -2.81. The lowest BCUT2D eigenvalue weighted by atomic mass is 10.0. The van der Waals surface area contributed by atoms with Gasteiger partial charge in [0.05, 0.1) is 7.11 Å². The molecule has 0 atom stereocenters. The van der Waals surface area contributed by atoms with Crippen LogP contribution in [0.5, 0.6) is 11.5 Å². The molecule has 0 unspecified atom stereocenters. The van der Waals surface area contributed by atoms with E-state index in [2.05, 4.69) is 42.2 Å². The van der Waals surface area contributed by atoms with Gasteiger partial charge in [-0.15, -0.1) is 0 Å². The molecule has 0 spiro atoms. The Kier molecular flexibility index (Phi) is 4.57. The summed E-state index contributed by atoms with van der Waals surface area (Å²) < 4.78 is 11.2. The Morgan fingerprint density at radius 3 is 2.35 bits per heavy atom. The van der Waals surface area contributed by atoms with Crippen molar-refractivity contribution in [2.24, 2.45) is 0 Å². The van der Waals surface area contributed by atoms with E-state index in [9.17, 15) is 0 Å². The van der Waals surface area contributed by atoms with Crippen LogP contribution in [0.25, 0.3) is 11.1 Å².